The number of hydrogen-bond donors (Lipinski definition) is 2. The second kappa shape index (κ2) is 6.79. The van der Waals surface area contributed by atoms with E-state index in [1.165, 1.54) is 0 Å². The normalized spacial score (nSPS) is 11.7. The van der Waals surface area contributed by atoms with Gasteiger partial charge in [-0.1, -0.05) is 36.4 Å². The predicted molar refractivity (Wildman–Crippen MR) is 83.0 cm³/mol. The second-order valence-electron chi connectivity index (χ2n) is 4.89. The van der Waals surface area contributed by atoms with Crippen LogP contribution in [-0.2, 0) is 4.79 Å². The fourth-order valence-electron chi connectivity index (χ4n) is 2.21. The number of ether oxygens (including phenoxy) is 1. The topological polar surface area (TPSA) is 58.6 Å². The van der Waals surface area contributed by atoms with Gasteiger partial charge >= 0.3 is 5.97 Å². The van der Waals surface area contributed by atoms with Gasteiger partial charge in [0, 0.05) is 6.54 Å². The maximum Gasteiger partial charge on any atom is 0.312 e. The molecule has 2 aromatic carbocycles. The highest BCUT2D eigenvalue weighted by Crippen LogP contribution is 2.26. The van der Waals surface area contributed by atoms with E-state index in [1.807, 2.05) is 55.5 Å². The Labute approximate surface area is 124 Å². The molecule has 0 spiro atoms. The van der Waals surface area contributed by atoms with Crippen molar-refractivity contribution in [3.05, 3.63) is 59.7 Å². The largest absolute Gasteiger partial charge is 0.495 e. The smallest absolute Gasteiger partial charge is 0.312 e. The van der Waals surface area contributed by atoms with Gasteiger partial charge in [0.2, 0.25) is 0 Å². The maximum absolute atomic E-state index is 11.5. The van der Waals surface area contributed by atoms with Crippen molar-refractivity contribution in [1.29, 1.82) is 0 Å². The SMILES string of the molecule is COc1ccc(C)cc1NCC(C(=O)O)c1ccccc1. The van der Waals surface area contributed by atoms with Crippen molar-refractivity contribution in [1.82, 2.24) is 0 Å². The van der Waals surface area contributed by atoms with E-state index in [0.717, 1.165) is 16.8 Å². The molecular weight excluding hydrogens is 266 g/mol. The van der Waals surface area contributed by atoms with Crippen LogP contribution in [0.4, 0.5) is 5.69 Å². The van der Waals surface area contributed by atoms with E-state index in [2.05, 4.69) is 5.32 Å². The number of carboxylic acid groups (broad SMARTS) is 1. The molecule has 0 aromatic heterocycles. The molecule has 4 heteroatoms. The fraction of sp³-hybridized carbons (Fsp3) is 0.235. The van der Waals surface area contributed by atoms with Crippen LogP contribution >= 0.6 is 0 Å². The first-order valence-electron chi connectivity index (χ1n) is 6.78. The maximum atomic E-state index is 11.5. The quantitative estimate of drug-likeness (QED) is 0.855. The summed E-state index contributed by atoms with van der Waals surface area (Å²) in [5, 5.41) is 12.6. The summed E-state index contributed by atoms with van der Waals surface area (Å²) in [6, 6.07) is 15.0. The van der Waals surface area contributed by atoms with Crippen LogP contribution in [-0.4, -0.2) is 24.7 Å². The molecule has 0 amide bonds. The van der Waals surface area contributed by atoms with Gasteiger partial charge in [-0.05, 0) is 30.2 Å². The fourth-order valence-corrected chi connectivity index (χ4v) is 2.21. The average Bonchev–Trinajstić information content (AvgIpc) is 2.48. The third-order valence-corrected chi connectivity index (χ3v) is 3.35. The summed E-state index contributed by atoms with van der Waals surface area (Å²) in [5.41, 5.74) is 2.67. The molecule has 2 aromatic rings. The molecule has 0 fully saturated rings. The zero-order valence-electron chi connectivity index (χ0n) is 12.2. The number of hydrogen-bond acceptors (Lipinski definition) is 3. The molecule has 2 N–H and O–H groups in total. The van der Waals surface area contributed by atoms with Crippen molar-refractivity contribution >= 4 is 11.7 Å². The third-order valence-electron chi connectivity index (χ3n) is 3.35. The van der Waals surface area contributed by atoms with Crippen LogP contribution in [0.1, 0.15) is 17.0 Å². The van der Waals surface area contributed by atoms with Crippen molar-refractivity contribution in [3.8, 4) is 5.75 Å². The van der Waals surface area contributed by atoms with E-state index in [0.29, 0.717) is 12.3 Å². The molecular formula is C17H19NO3. The van der Waals surface area contributed by atoms with Gasteiger partial charge in [0.1, 0.15) is 5.75 Å². The molecule has 0 saturated carbocycles. The molecule has 0 aliphatic heterocycles. The molecule has 0 aliphatic rings. The van der Waals surface area contributed by atoms with E-state index in [9.17, 15) is 9.90 Å². The van der Waals surface area contributed by atoms with Crippen molar-refractivity contribution < 1.29 is 14.6 Å². The second-order valence-corrected chi connectivity index (χ2v) is 4.89. The molecule has 1 atom stereocenters. The molecule has 0 bridgehead atoms. The minimum absolute atomic E-state index is 0.305. The minimum Gasteiger partial charge on any atom is -0.495 e. The van der Waals surface area contributed by atoms with Gasteiger partial charge in [-0.2, -0.15) is 0 Å². The summed E-state index contributed by atoms with van der Waals surface area (Å²) in [6.07, 6.45) is 0. The van der Waals surface area contributed by atoms with Gasteiger partial charge in [-0.25, -0.2) is 0 Å². The van der Waals surface area contributed by atoms with Gasteiger partial charge in [0.05, 0.1) is 18.7 Å². The van der Waals surface area contributed by atoms with Crippen molar-refractivity contribution in [2.24, 2.45) is 0 Å². The number of aliphatic carboxylic acids is 1. The van der Waals surface area contributed by atoms with Gasteiger partial charge in [0.15, 0.2) is 0 Å². The summed E-state index contributed by atoms with van der Waals surface area (Å²) >= 11 is 0. The number of carbonyl (C=O) groups is 1. The molecule has 0 heterocycles. The average molecular weight is 285 g/mol. The standard InChI is InChI=1S/C17H19NO3/c1-12-8-9-16(21-2)15(10-12)18-11-14(17(19)20)13-6-4-3-5-7-13/h3-10,14,18H,11H2,1-2H3,(H,19,20). The first-order chi connectivity index (χ1) is 10.1. The predicted octanol–water partition coefficient (Wildman–Crippen LogP) is 3.28. The van der Waals surface area contributed by atoms with Gasteiger partial charge in [-0.15, -0.1) is 0 Å². The van der Waals surface area contributed by atoms with E-state index in [-0.39, 0.29) is 0 Å². The number of anilines is 1. The van der Waals surface area contributed by atoms with E-state index in [1.54, 1.807) is 7.11 Å². The molecule has 2 rings (SSSR count). The Kier molecular flexibility index (Phi) is 4.82. The zero-order valence-corrected chi connectivity index (χ0v) is 12.2. The van der Waals surface area contributed by atoms with Gasteiger partial charge < -0.3 is 15.2 Å². The lowest BCUT2D eigenvalue weighted by atomic mass is 9.99. The van der Waals surface area contributed by atoms with E-state index in [4.69, 9.17) is 4.74 Å². The third kappa shape index (κ3) is 3.75. The van der Waals surface area contributed by atoms with Crippen LogP contribution < -0.4 is 10.1 Å². The van der Waals surface area contributed by atoms with E-state index >= 15 is 0 Å². The number of nitrogens with one attached hydrogen (secondary N) is 1. The highest BCUT2D eigenvalue weighted by Gasteiger charge is 2.19. The zero-order chi connectivity index (χ0) is 15.2. The van der Waals surface area contributed by atoms with Gasteiger partial charge in [0.25, 0.3) is 0 Å². The molecule has 0 radical (unpaired) electrons. The summed E-state index contributed by atoms with van der Waals surface area (Å²) in [6.45, 7) is 2.29. The number of carboxylic acids is 1. The van der Waals surface area contributed by atoms with Crippen LogP contribution in [0.3, 0.4) is 0 Å². The lowest BCUT2D eigenvalue weighted by Gasteiger charge is -2.17. The summed E-state index contributed by atoms with van der Waals surface area (Å²) in [5.74, 6) is -0.741. The van der Waals surface area contributed by atoms with Crippen LogP contribution in [0.5, 0.6) is 5.75 Å². The van der Waals surface area contributed by atoms with Crippen LogP contribution in [0.15, 0.2) is 48.5 Å². The Morgan fingerprint density at radius 1 is 1.24 bits per heavy atom. The van der Waals surface area contributed by atoms with E-state index < -0.39 is 11.9 Å². The number of aryl methyl sites for hydroxylation is 1. The monoisotopic (exact) mass is 285 g/mol. The van der Waals surface area contributed by atoms with Crippen molar-refractivity contribution in [2.45, 2.75) is 12.8 Å². The Bertz CT molecular complexity index is 611. The van der Waals surface area contributed by atoms with Gasteiger partial charge in [-0.3, -0.25) is 4.79 Å². The van der Waals surface area contributed by atoms with Crippen molar-refractivity contribution in [2.75, 3.05) is 19.0 Å². The lowest BCUT2D eigenvalue weighted by Crippen LogP contribution is -2.21. The number of benzene rings is 2. The first-order valence-corrected chi connectivity index (χ1v) is 6.78. The summed E-state index contributed by atoms with van der Waals surface area (Å²) < 4.78 is 5.29. The van der Waals surface area contributed by atoms with Crippen LogP contribution in [0.25, 0.3) is 0 Å². The Hall–Kier alpha value is -2.49. The molecule has 1 unspecified atom stereocenters. The molecule has 110 valence electrons. The van der Waals surface area contributed by atoms with Crippen LogP contribution in [0.2, 0.25) is 0 Å². The molecule has 0 saturated heterocycles. The summed E-state index contributed by atoms with van der Waals surface area (Å²) in [4.78, 5) is 11.5. The highest BCUT2D eigenvalue weighted by molar-refractivity contribution is 5.77. The van der Waals surface area contributed by atoms with Crippen molar-refractivity contribution in [3.63, 3.8) is 0 Å². The molecule has 4 nitrogen and oxygen atoms in total. The Balaban J connectivity index is 2.16. The molecule has 21 heavy (non-hydrogen) atoms. The highest BCUT2D eigenvalue weighted by atomic mass is 16.5. The Morgan fingerprint density at radius 3 is 2.57 bits per heavy atom. The lowest BCUT2D eigenvalue weighted by molar-refractivity contribution is -0.138. The summed E-state index contributed by atoms with van der Waals surface area (Å²) in [7, 11) is 1.60. The minimum atomic E-state index is -0.847. The number of rotatable bonds is 6. The Morgan fingerprint density at radius 2 is 1.95 bits per heavy atom. The van der Waals surface area contributed by atoms with Crippen LogP contribution in [0, 0.1) is 6.92 Å². The molecule has 0 aliphatic carbocycles. The number of methoxy groups -OCH3 is 1. The first kappa shape index (κ1) is 14.9.